The van der Waals surface area contributed by atoms with Crippen LogP contribution in [-0.4, -0.2) is 17.0 Å². The fraction of sp³-hybridized carbons (Fsp3) is 0. The third kappa shape index (κ3) is 3.10. The molecule has 0 atom stereocenters. The largest absolute Gasteiger partial charge is 0.872 e. The van der Waals surface area contributed by atoms with Crippen LogP contribution >= 0.6 is 0 Å². The number of carbonyl (C=O) groups is 2. The van der Waals surface area contributed by atoms with Gasteiger partial charge in [-0.15, -0.1) is 5.75 Å². The first-order chi connectivity index (χ1) is 9.06. The van der Waals surface area contributed by atoms with Gasteiger partial charge >= 0.3 is 11.9 Å². The molecule has 0 heterocycles. The summed E-state index contributed by atoms with van der Waals surface area (Å²) in [7, 11) is 0. The van der Waals surface area contributed by atoms with Crippen molar-refractivity contribution < 1.29 is 24.5 Å². The molecule has 0 spiro atoms. The second-order valence-corrected chi connectivity index (χ2v) is 3.74. The Labute approximate surface area is 108 Å². The van der Waals surface area contributed by atoms with Crippen molar-refractivity contribution in [1.29, 1.82) is 0 Å². The Hall–Kier alpha value is -2.82. The van der Waals surface area contributed by atoms with Crippen LogP contribution in [0.4, 0.5) is 0 Å². The lowest BCUT2D eigenvalue weighted by Crippen LogP contribution is -2.08. The summed E-state index contributed by atoms with van der Waals surface area (Å²) in [6, 6.07) is 10.7. The van der Waals surface area contributed by atoms with Crippen LogP contribution in [0.25, 0.3) is 0 Å². The van der Waals surface area contributed by atoms with Crippen LogP contribution in [0.2, 0.25) is 0 Å². The summed E-state index contributed by atoms with van der Waals surface area (Å²) in [6.07, 6.45) is 0. The third-order valence-corrected chi connectivity index (χ3v) is 2.40. The van der Waals surface area contributed by atoms with E-state index in [9.17, 15) is 14.7 Å². The van der Waals surface area contributed by atoms with Crippen molar-refractivity contribution in [2.45, 2.75) is 0 Å². The van der Waals surface area contributed by atoms with Gasteiger partial charge in [-0.1, -0.05) is 12.1 Å². The highest BCUT2D eigenvalue weighted by molar-refractivity contribution is 5.91. The minimum atomic E-state index is -1.05. The molecule has 0 aliphatic rings. The zero-order valence-electron chi connectivity index (χ0n) is 9.70. The smallest absolute Gasteiger partial charge is 0.343 e. The minimum absolute atomic E-state index is 0.107. The maximum Gasteiger partial charge on any atom is 0.343 e. The maximum absolute atomic E-state index is 11.7. The molecule has 0 aliphatic carbocycles. The highest BCUT2D eigenvalue weighted by Crippen LogP contribution is 2.15. The van der Waals surface area contributed by atoms with Crippen molar-refractivity contribution in [3.05, 3.63) is 59.7 Å². The topological polar surface area (TPSA) is 86.7 Å². The molecule has 2 rings (SSSR count). The summed E-state index contributed by atoms with van der Waals surface area (Å²) >= 11 is 0. The summed E-state index contributed by atoms with van der Waals surface area (Å²) in [5.41, 5.74) is 0.359. The fourth-order valence-corrected chi connectivity index (χ4v) is 1.42. The summed E-state index contributed by atoms with van der Waals surface area (Å²) in [4.78, 5) is 22.4. The Kier molecular flexibility index (Phi) is 3.47. The predicted octanol–water partition coefficient (Wildman–Crippen LogP) is 1.68. The summed E-state index contributed by atoms with van der Waals surface area (Å²) < 4.78 is 5.04. The first-order valence-electron chi connectivity index (χ1n) is 5.39. The van der Waals surface area contributed by atoms with E-state index in [4.69, 9.17) is 9.84 Å². The molecule has 5 nitrogen and oxygen atoms in total. The maximum atomic E-state index is 11.7. The molecule has 0 aromatic heterocycles. The zero-order valence-corrected chi connectivity index (χ0v) is 9.70. The Bertz CT molecular complexity index is 599. The molecular weight excluding hydrogens is 248 g/mol. The van der Waals surface area contributed by atoms with E-state index >= 15 is 0 Å². The molecule has 0 fully saturated rings. The number of carboxylic acid groups (broad SMARTS) is 1. The van der Waals surface area contributed by atoms with E-state index in [2.05, 4.69) is 0 Å². The van der Waals surface area contributed by atoms with Gasteiger partial charge in [-0.3, -0.25) is 0 Å². The van der Waals surface area contributed by atoms with E-state index in [-0.39, 0.29) is 22.6 Å². The molecule has 19 heavy (non-hydrogen) atoms. The number of benzene rings is 2. The van der Waals surface area contributed by atoms with Gasteiger partial charge < -0.3 is 14.9 Å². The second kappa shape index (κ2) is 5.22. The number of hydrogen-bond donors (Lipinski definition) is 1. The predicted molar refractivity (Wildman–Crippen MR) is 64.2 cm³/mol. The number of aromatic carboxylic acids is 1. The van der Waals surface area contributed by atoms with Crippen LogP contribution in [-0.2, 0) is 0 Å². The van der Waals surface area contributed by atoms with E-state index in [1.165, 1.54) is 48.5 Å². The third-order valence-electron chi connectivity index (χ3n) is 2.40. The Morgan fingerprint density at radius 1 is 0.895 bits per heavy atom. The highest BCUT2D eigenvalue weighted by atomic mass is 16.5. The normalized spacial score (nSPS) is 9.89. The monoisotopic (exact) mass is 257 g/mol. The Morgan fingerprint density at radius 3 is 1.95 bits per heavy atom. The van der Waals surface area contributed by atoms with E-state index < -0.39 is 11.9 Å². The van der Waals surface area contributed by atoms with Crippen molar-refractivity contribution >= 4 is 11.9 Å². The lowest BCUT2D eigenvalue weighted by molar-refractivity contribution is -0.268. The average molecular weight is 257 g/mol. The zero-order chi connectivity index (χ0) is 13.8. The molecule has 0 saturated carbocycles. The van der Waals surface area contributed by atoms with E-state index in [0.29, 0.717) is 0 Å². The van der Waals surface area contributed by atoms with Crippen LogP contribution in [0.3, 0.4) is 0 Å². The molecule has 0 saturated heterocycles. The van der Waals surface area contributed by atoms with Crippen molar-refractivity contribution in [3.8, 4) is 11.5 Å². The number of esters is 1. The highest BCUT2D eigenvalue weighted by Gasteiger charge is 2.08. The van der Waals surface area contributed by atoms with E-state index in [1.54, 1.807) is 0 Å². The molecular formula is C14H9O5-. The van der Waals surface area contributed by atoms with Crippen LogP contribution in [0.5, 0.6) is 11.5 Å². The molecule has 0 radical (unpaired) electrons. The lowest BCUT2D eigenvalue weighted by Gasteiger charge is -2.07. The SMILES string of the molecule is O=C(O)c1ccc(OC(=O)c2ccc([O-])cc2)cc1. The van der Waals surface area contributed by atoms with Crippen molar-refractivity contribution in [2.75, 3.05) is 0 Å². The van der Waals surface area contributed by atoms with Crippen molar-refractivity contribution in [1.82, 2.24) is 0 Å². The number of carboxylic acids is 1. The minimum Gasteiger partial charge on any atom is -0.872 e. The molecule has 0 amide bonds. The number of hydrogen-bond acceptors (Lipinski definition) is 4. The van der Waals surface area contributed by atoms with Gasteiger partial charge in [0.15, 0.2) is 0 Å². The van der Waals surface area contributed by atoms with Gasteiger partial charge in [-0.2, -0.15) is 0 Å². The van der Waals surface area contributed by atoms with Crippen LogP contribution in [0.15, 0.2) is 48.5 Å². The number of rotatable bonds is 3. The Morgan fingerprint density at radius 2 is 1.42 bits per heavy atom. The van der Waals surface area contributed by atoms with E-state index in [1.807, 2.05) is 0 Å². The summed E-state index contributed by atoms with van der Waals surface area (Å²) in [5.74, 6) is -1.62. The second-order valence-electron chi connectivity index (χ2n) is 3.74. The van der Waals surface area contributed by atoms with Crippen LogP contribution in [0, 0.1) is 0 Å². The van der Waals surface area contributed by atoms with Gasteiger partial charge in [0.25, 0.3) is 0 Å². The van der Waals surface area contributed by atoms with Crippen LogP contribution < -0.4 is 9.84 Å². The average Bonchev–Trinajstić information content (AvgIpc) is 2.40. The van der Waals surface area contributed by atoms with Crippen LogP contribution in [0.1, 0.15) is 20.7 Å². The molecule has 2 aromatic rings. The van der Waals surface area contributed by atoms with Gasteiger partial charge in [0.1, 0.15) is 5.75 Å². The van der Waals surface area contributed by atoms with Gasteiger partial charge in [0.2, 0.25) is 0 Å². The van der Waals surface area contributed by atoms with Gasteiger partial charge in [0.05, 0.1) is 11.1 Å². The molecule has 2 aromatic carbocycles. The van der Waals surface area contributed by atoms with Gasteiger partial charge in [0, 0.05) is 0 Å². The molecule has 0 aliphatic heterocycles. The Balaban J connectivity index is 2.10. The summed E-state index contributed by atoms with van der Waals surface area (Å²) in [5, 5.41) is 19.6. The fourth-order valence-electron chi connectivity index (χ4n) is 1.42. The molecule has 1 N–H and O–H groups in total. The quantitative estimate of drug-likeness (QED) is 0.667. The number of carbonyl (C=O) groups excluding carboxylic acids is 1. The first-order valence-corrected chi connectivity index (χ1v) is 5.39. The van der Waals surface area contributed by atoms with Crippen molar-refractivity contribution in [3.63, 3.8) is 0 Å². The first kappa shape index (κ1) is 12.6. The standard InChI is InChI=1S/C14H10O5/c15-11-5-1-10(2-6-11)14(18)19-12-7-3-9(4-8-12)13(16)17/h1-8,15H,(H,16,17)/p-1. The molecule has 96 valence electrons. The molecule has 0 bridgehead atoms. The number of ether oxygens (including phenoxy) is 1. The van der Waals surface area contributed by atoms with E-state index in [0.717, 1.165) is 0 Å². The van der Waals surface area contributed by atoms with Gasteiger partial charge in [-0.05, 0) is 36.4 Å². The lowest BCUT2D eigenvalue weighted by atomic mass is 10.2. The van der Waals surface area contributed by atoms with Gasteiger partial charge in [-0.25, -0.2) is 9.59 Å². The molecule has 5 heteroatoms. The molecule has 0 unspecified atom stereocenters. The van der Waals surface area contributed by atoms with Crippen molar-refractivity contribution in [2.24, 2.45) is 0 Å². The summed E-state index contributed by atoms with van der Waals surface area (Å²) in [6.45, 7) is 0.